The lowest BCUT2D eigenvalue weighted by Gasteiger charge is -2.34. The fraction of sp³-hybridized carbons (Fsp3) is 0.667. The maximum absolute atomic E-state index is 12.7. The third-order valence-electron chi connectivity index (χ3n) is 6.96. The number of rotatable bonds is 8. The predicted octanol–water partition coefficient (Wildman–Crippen LogP) is 4.52. The molecular formula is C27H43N3O4S. The van der Waals surface area contributed by atoms with Gasteiger partial charge in [-0.1, -0.05) is 44.9 Å². The Hall–Kier alpha value is -2.06. The number of unbranched alkanes of at least 4 members (excludes halogenated alkanes) is 1. The van der Waals surface area contributed by atoms with Crippen LogP contribution in [0.4, 0.5) is 5.69 Å². The maximum atomic E-state index is 12.7. The van der Waals surface area contributed by atoms with Crippen LogP contribution >= 0.6 is 12.6 Å². The summed E-state index contributed by atoms with van der Waals surface area (Å²) in [5.41, 5.74) is 3.27. The average Bonchev–Trinajstić information content (AvgIpc) is 3.35. The number of benzene rings is 1. The van der Waals surface area contributed by atoms with Crippen molar-refractivity contribution in [1.82, 2.24) is 9.80 Å². The zero-order valence-electron chi connectivity index (χ0n) is 21.8. The van der Waals surface area contributed by atoms with Gasteiger partial charge in [-0.15, -0.1) is 0 Å². The van der Waals surface area contributed by atoms with Crippen LogP contribution in [0.3, 0.4) is 0 Å². The van der Waals surface area contributed by atoms with Gasteiger partial charge in [-0.25, -0.2) is 4.79 Å². The maximum Gasteiger partial charge on any atom is 0.326 e. The second-order valence-electron chi connectivity index (χ2n) is 9.77. The molecule has 0 saturated carbocycles. The summed E-state index contributed by atoms with van der Waals surface area (Å²) in [6.45, 7) is 10.7. The molecular weight excluding hydrogens is 462 g/mol. The highest BCUT2D eigenvalue weighted by Gasteiger charge is 2.35. The lowest BCUT2D eigenvalue weighted by atomic mass is 10.00. The van der Waals surface area contributed by atoms with E-state index in [1.54, 1.807) is 6.92 Å². The average molecular weight is 506 g/mol. The molecule has 1 unspecified atom stereocenters. The highest BCUT2D eigenvalue weighted by atomic mass is 32.1. The Morgan fingerprint density at radius 1 is 1.09 bits per heavy atom. The van der Waals surface area contributed by atoms with E-state index in [1.807, 2.05) is 6.07 Å². The number of hydrogen-bond acceptors (Lipinski definition) is 5. The minimum Gasteiger partial charge on any atom is -0.480 e. The van der Waals surface area contributed by atoms with Gasteiger partial charge in [-0.05, 0) is 70.2 Å². The summed E-state index contributed by atoms with van der Waals surface area (Å²) in [4.78, 5) is 39.0. The highest BCUT2D eigenvalue weighted by Crippen LogP contribution is 2.23. The lowest BCUT2D eigenvalue weighted by molar-refractivity contribution is -0.149. The topological polar surface area (TPSA) is 90.0 Å². The highest BCUT2D eigenvalue weighted by molar-refractivity contribution is 7.80. The molecule has 2 heterocycles. The molecule has 0 spiro atoms. The number of carbonyl (C=O) groups excluding carboxylic acids is 2. The fourth-order valence-corrected chi connectivity index (χ4v) is 4.94. The van der Waals surface area contributed by atoms with E-state index >= 15 is 0 Å². The number of nitrogens with zero attached hydrogens (tertiary/aromatic N) is 2. The second kappa shape index (κ2) is 14.5. The molecule has 8 heteroatoms. The van der Waals surface area contributed by atoms with Gasteiger partial charge in [0, 0.05) is 23.9 Å². The minimum absolute atomic E-state index is 0.0457. The molecule has 2 aliphatic rings. The van der Waals surface area contributed by atoms with Gasteiger partial charge in [0.2, 0.25) is 11.8 Å². The Morgan fingerprint density at radius 3 is 2.34 bits per heavy atom. The molecule has 2 saturated heterocycles. The van der Waals surface area contributed by atoms with Crippen molar-refractivity contribution >= 4 is 36.1 Å². The summed E-state index contributed by atoms with van der Waals surface area (Å²) in [5, 5.41) is 12.0. The van der Waals surface area contributed by atoms with Crippen LogP contribution in [0.15, 0.2) is 18.2 Å². The van der Waals surface area contributed by atoms with Gasteiger partial charge < -0.3 is 15.3 Å². The number of carboxylic acid groups (broad SMARTS) is 1. The molecule has 7 nitrogen and oxygen atoms in total. The van der Waals surface area contributed by atoms with E-state index in [9.17, 15) is 14.4 Å². The quantitative estimate of drug-likeness (QED) is 0.452. The molecule has 2 aliphatic heterocycles. The molecule has 0 bridgehead atoms. The van der Waals surface area contributed by atoms with Crippen LogP contribution in [0.2, 0.25) is 0 Å². The van der Waals surface area contributed by atoms with Crippen molar-refractivity contribution in [2.75, 3.05) is 30.7 Å². The number of carbonyl (C=O) groups is 3. The summed E-state index contributed by atoms with van der Waals surface area (Å²) < 4.78 is 0. The van der Waals surface area contributed by atoms with Crippen molar-refractivity contribution < 1.29 is 19.5 Å². The largest absolute Gasteiger partial charge is 0.480 e. The van der Waals surface area contributed by atoms with Gasteiger partial charge in [0.15, 0.2) is 0 Å². The fourth-order valence-electron chi connectivity index (χ4n) is 4.78. The SMILES string of the molecule is CCCCN1CCCCC1C(=O)Nc1c(C)cccc1C.C[C@H](CS)C(=O)N1CCC[C@H]1C(=O)O. The summed E-state index contributed by atoms with van der Waals surface area (Å²) in [7, 11) is 0. The minimum atomic E-state index is -0.901. The first-order chi connectivity index (χ1) is 16.7. The van der Waals surface area contributed by atoms with Crippen LogP contribution in [-0.2, 0) is 14.4 Å². The number of aliphatic carboxylic acids is 1. The monoisotopic (exact) mass is 505 g/mol. The van der Waals surface area contributed by atoms with E-state index < -0.39 is 12.0 Å². The predicted molar refractivity (Wildman–Crippen MR) is 144 cm³/mol. The Bertz CT molecular complexity index is 843. The molecule has 2 fully saturated rings. The third kappa shape index (κ3) is 8.24. The van der Waals surface area contributed by atoms with Gasteiger partial charge in [0.1, 0.15) is 6.04 Å². The molecule has 1 aromatic carbocycles. The number of likely N-dealkylation sites (tertiary alicyclic amines) is 2. The molecule has 3 rings (SSSR count). The summed E-state index contributed by atoms with van der Waals surface area (Å²) in [6, 6.07) is 5.57. The summed E-state index contributed by atoms with van der Waals surface area (Å²) >= 11 is 4.03. The van der Waals surface area contributed by atoms with Crippen molar-refractivity contribution in [2.45, 2.75) is 84.7 Å². The standard InChI is InChI=1S/C18H28N2O.C9H15NO3S/c1-4-5-12-20-13-7-6-11-16(20)18(21)19-17-14(2)9-8-10-15(17)3;1-6(5-14)8(11)10-4-2-3-7(10)9(12)13/h8-10,16H,4-7,11-13H2,1-3H3,(H,19,21);6-7,14H,2-5H2,1H3,(H,12,13)/t;6-,7+/m.1/s1. The van der Waals surface area contributed by atoms with Gasteiger partial charge in [0.25, 0.3) is 0 Å². The molecule has 2 amide bonds. The van der Waals surface area contributed by atoms with E-state index in [1.165, 1.54) is 24.2 Å². The number of anilines is 1. The number of carboxylic acids is 1. The van der Waals surface area contributed by atoms with Gasteiger partial charge in [-0.2, -0.15) is 12.6 Å². The van der Waals surface area contributed by atoms with Crippen LogP contribution in [0, 0.1) is 19.8 Å². The molecule has 2 N–H and O–H groups in total. The Morgan fingerprint density at radius 2 is 1.74 bits per heavy atom. The number of amides is 2. The molecule has 0 aliphatic carbocycles. The third-order valence-corrected chi connectivity index (χ3v) is 7.51. The van der Waals surface area contributed by atoms with Crippen LogP contribution in [0.5, 0.6) is 0 Å². The molecule has 35 heavy (non-hydrogen) atoms. The van der Waals surface area contributed by atoms with E-state index in [4.69, 9.17) is 5.11 Å². The molecule has 3 atom stereocenters. The molecule has 1 aromatic rings. The Kier molecular flexibility index (Phi) is 12.1. The van der Waals surface area contributed by atoms with Crippen LogP contribution in [0.1, 0.15) is 69.9 Å². The summed E-state index contributed by atoms with van der Waals surface area (Å²) in [5.74, 6) is -0.560. The number of thiol groups is 1. The van der Waals surface area contributed by atoms with Crippen molar-refractivity contribution in [3.8, 4) is 0 Å². The zero-order chi connectivity index (χ0) is 26.0. The normalized spacial score (nSPS) is 21.1. The van der Waals surface area contributed by atoms with Crippen molar-refractivity contribution in [1.29, 1.82) is 0 Å². The lowest BCUT2D eigenvalue weighted by Crippen LogP contribution is -2.47. The first-order valence-electron chi connectivity index (χ1n) is 13.0. The number of nitrogens with one attached hydrogen (secondary N) is 1. The Labute approximate surface area is 216 Å². The number of aryl methyl sites for hydroxylation is 2. The zero-order valence-corrected chi connectivity index (χ0v) is 22.7. The first-order valence-corrected chi connectivity index (χ1v) is 13.6. The summed E-state index contributed by atoms with van der Waals surface area (Å²) in [6.07, 6.45) is 7.07. The van der Waals surface area contributed by atoms with Crippen LogP contribution < -0.4 is 5.32 Å². The number of piperidine rings is 1. The molecule has 0 radical (unpaired) electrons. The van der Waals surface area contributed by atoms with Crippen molar-refractivity contribution in [2.24, 2.45) is 5.92 Å². The van der Waals surface area contributed by atoms with E-state index in [0.29, 0.717) is 18.7 Å². The van der Waals surface area contributed by atoms with Gasteiger partial charge in [-0.3, -0.25) is 14.5 Å². The van der Waals surface area contributed by atoms with E-state index in [-0.39, 0.29) is 23.8 Å². The molecule has 196 valence electrons. The first kappa shape index (κ1) is 29.2. The van der Waals surface area contributed by atoms with Crippen LogP contribution in [-0.4, -0.2) is 70.2 Å². The van der Waals surface area contributed by atoms with Gasteiger partial charge >= 0.3 is 5.97 Å². The van der Waals surface area contributed by atoms with Gasteiger partial charge in [0.05, 0.1) is 6.04 Å². The number of hydrogen-bond donors (Lipinski definition) is 3. The van der Waals surface area contributed by atoms with E-state index in [0.717, 1.165) is 49.2 Å². The van der Waals surface area contributed by atoms with Crippen LogP contribution in [0.25, 0.3) is 0 Å². The van der Waals surface area contributed by atoms with E-state index in [2.05, 4.69) is 55.7 Å². The van der Waals surface area contributed by atoms with Crippen molar-refractivity contribution in [3.05, 3.63) is 29.3 Å². The smallest absolute Gasteiger partial charge is 0.326 e. The number of para-hydroxylation sites is 1. The second-order valence-corrected chi connectivity index (χ2v) is 10.1. The van der Waals surface area contributed by atoms with Crippen molar-refractivity contribution in [3.63, 3.8) is 0 Å². The Balaban J connectivity index is 0.000000269. The molecule has 0 aromatic heterocycles.